The Morgan fingerprint density at radius 1 is 1.27 bits per heavy atom. The van der Waals surface area contributed by atoms with Crippen molar-refractivity contribution in [1.82, 2.24) is 0 Å². The van der Waals surface area contributed by atoms with Crippen LogP contribution in [0.5, 0.6) is 0 Å². The molecule has 0 unspecified atom stereocenters. The fraction of sp³-hybridized carbons (Fsp3) is 0.250. The van der Waals surface area contributed by atoms with E-state index in [2.05, 4.69) is 0 Å². The Morgan fingerprint density at radius 3 is 2.36 bits per heavy atom. The van der Waals surface area contributed by atoms with Crippen LogP contribution in [-0.4, -0.2) is 0 Å². The van der Waals surface area contributed by atoms with Gasteiger partial charge in [0.15, 0.2) is 0 Å². The first-order valence-corrected chi connectivity index (χ1v) is 3.16. The summed E-state index contributed by atoms with van der Waals surface area (Å²) in [4.78, 5) is 0. The molecular formula is C8H7F3. The van der Waals surface area contributed by atoms with Gasteiger partial charge < -0.3 is 0 Å². The van der Waals surface area contributed by atoms with Crippen molar-refractivity contribution in [2.24, 2.45) is 0 Å². The van der Waals surface area contributed by atoms with Crippen LogP contribution in [0.3, 0.4) is 0 Å². The first-order chi connectivity index (χ1) is 5.13. The molecule has 60 valence electrons. The largest absolute Gasteiger partial charge is 0.266 e. The van der Waals surface area contributed by atoms with Gasteiger partial charge in [-0.1, -0.05) is 18.2 Å². The Bertz CT molecular complexity index is 256. The maximum Gasteiger partial charge on any atom is 0.266 e. The lowest BCUT2D eigenvalue weighted by atomic mass is 10.1. The molecule has 0 fully saturated rings. The number of rotatable bonds is 1. The fourth-order valence-corrected chi connectivity index (χ4v) is 0.839. The molecule has 0 nitrogen and oxygen atoms in total. The monoisotopic (exact) mass is 160 g/mol. The van der Waals surface area contributed by atoms with E-state index in [1.165, 1.54) is 19.1 Å². The van der Waals surface area contributed by atoms with Gasteiger partial charge in [-0.3, -0.25) is 0 Å². The fourth-order valence-electron chi connectivity index (χ4n) is 0.839. The zero-order valence-electron chi connectivity index (χ0n) is 5.94. The average molecular weight is 160 g/mol. The summed E-state index contributed by atoms with van der Waals surface area (Å²) in [5.41, 5.74) is -0.271. The Hall–Kier alpha value is -0.990. The third-order valence-corrected chi connectivity index (χ3v) is 1.46. The van der Waals surface area contributed by atoms with Gasteiger partial charge >= 0.3 is 0 Å². The standard InChI is InChI=1S/C8H7F3/c1-5-3-2-4-6(7(5)9)8(10)11/h2-4,8H,1H3. The number of alkyl halides is 2. The highest BCUT2D eigenvalue weighted by Crippen LogP contribution is 2.23. The number of halogens is 3. The Balaban J connectivity index is 3.17. The number of benzene rings is 1. The second kappa shape index (κ2) is 2.95. The minimum absolute atomic E-state index is 0.253. The Kier molecular flexibility index (Phi) is 2.17. The molecule has 0 N–H and O–H groups in total. The topological polar surface area (TPSA) is 0 Å². The van der Waals surface area contributed by atoms with Crippen LogP contribution in [0.2, 0.25) is 0 Å². The predicted octanol–water partition coefficient (Wildman–Crippen LogP) is 3.07. The van der Waals surface area contributed by atoms with Crippen molar-refractivity contribution in [2.45, 2.75) is 13.3 Å². The SMILES string of the molecule is Cc1cccc(C(F)F)c1F. The van der Waals surface area contributed by atoms with Crippen molar-refractivity contribution in [3.8, 4) is 0 Å². The van der Waals surface area contributed by atoms with E-state index >= 15 is 0 Å². The van der Waals surface area contributed by atoms with E-state index < -0.39 is 17.8 Å². The Labute approximate surface area is 62.7 Å². The van der Waals surface area contributed by atoms with Gasteiger partial charge in [0.05, 0.1) is 5.56 Å². The van der Waals surface area contributed by atoms with Crippen molar-refractivity contribution >= 4 is 0 Å². The summed E-state index contributed by atoms with van der Waals surface area (Å²) in [5, 5.41) is 0. The van der Waals surface area contributed by atoms with E-state index in [0.717, 1.165) is 6.07 Å². The molecule has 0 saturated carbocycles. The van der Waals surface area contributed by atoms with Crippen molar-refractivity contribution in [3.05, 3.63) is 35.1 Å². The molecule has 0 atom stereocenters. The summed E-state index contributed by atoms with van der Waals surface area (Å²) < 4.78 is 36.7. The second-order valence-corrected chi connectivity index (χ2v) is 2.28. The Morgan fingerprint density at radius 2 is 1.91 bits per heavy atom. The van der Waals surface area contributed by atoms with Crippen molar-refractivity contribution in [1.29, 1.82) is 0 Å². The minimum Gasteiger partial charge on any atom is -0.206 e. The van der Waals surface area contributed by atoms with Crippen LogP contribution < -0.4 is 0 Å². The summed E-state index contributed by atoms with van der Waals surface area (Å²) >= 11 is 0. The van der Waals surface area contributed by atoms with Crippen molar-refractivity contribution in [2.75, 3.05) is 0 Å². The van der Waals surface area contributed by atoms with Gasteiger partial charge in [0.1, 0.15) is 5.82 Å². The molecule has 1 aromatic rings. The molecular weight excluding hydrogens is 153 g/mol. The van der Waals surface area contributed by atoms with E-state index in [0.29, 0.717) is 0 Å². The average Bonchev–Trinajstić information content (AvgIpc) is 1.94. The third-order valence-electron chi connectivity index (χ3n) is 1.46. The van der Waals surface area contributed by atoms with Crippen LogP contribution in [0.4, 0.5) is 13.2 Å². The predicted molar refractivity (Wildman–Crippen MR) is 36.1 cm³/mol. The maximum atomic E-state index is 12.8. The molecule has 0 spiro atoms. The lowest BCUT2D eigenvalue weighted by Gasteiger charge is -2.02. The maximum absolute atomic E-state index is 12.8. The van der Waals surface area contributed by atoms with Gasteiger partial charge in [0.25, 0.3) is 6.43 Å². The van der Waals surface area contributed by atoms with Crippen LogP contribution >= 0.6 is 0 Å². The van der Waals surface area contributed by atoms with Crippen molar-refractivity contribution in [3.63, 3.8) is 0 Å². The summed E-state index contributed by atoms with van der Waals surface area (Å²) in [6.07, 6.45) is -2.73. The van der Waals surface area contributed by atoms with Gasteiger partial charge in [-0.05, 0) is 12.5 Å². The van der Waals surface area contributed by atoms with Crippen LogP contribution in [-0.2, 0) is 0 Å². The van der Waals surface area contributed by atoms with E-state index in [1.807, 2.05) is 0 Å². The molecule has 1 aromatic carbocycles. The highest BCUT2D eigenvalue weighted by Gasteiger charge is 2.13. The summed E-state index contributed by atoms with van der Waals surface area (Å²) in [7, 11) is 0. The smallest absolute Gasteiger partial charge is 0.206 e. The highest BCUT2D eigenvalue weighted by atomic mass is 19.3. The van der Waals surface area contributed by atoms with Gasteiger partial charge in [-0.2, -0.15) is 0 Å². The quantitative estimate of drug-likeness (QED) is 0.592. The first-order valence-electron chi connectivity index (χ1n) is 3.16. The van der Waals surface area contributed by atoms with Gasteiger partial charge in [0.2, 0.25) is 0 Å². The highest BCUT2D eigenvalue weighted by molar-refractivity contribution is 5.25. The third kappa shape index (κ3) is 1.53. The molecule has 0 radical (unpaired) electrons. The van der Waals surface area contributed by atoms with Crippen molar-refractivity contribution < 1.29 is 13.2 Å². The minimum atomic E-state index is -2.73. The van der Waals surface area contributed by atoms with Gasteiger partial charge in [-0.25, -0.2) is 13.2 Å². The van der Waals surface area contributed by atoms with E-state index in [9.17, 15) is 13.2 Å². The zero-order chi connectivity index (χ0) is 8.43. The summed E-state index contributed by atoms with van der Waals surface area (Å²) in [6, 6.07) is 3.97. The lowest BCUT2D eigenvalue weighted by molar-refractivity contribution is 0.146. The number of hydrogen-bond acceptors (Lipinski definition) is 0. The normalized spacial score (nSPS) is 10.6. The molecule has 0 aliphatic heterocycles. The number of aryl methyl sites for hydroxylation is 1. The summed E-state index contributed by atoms with van der Waals surface area (Å²) in [5.74, 6) is -0.803. The molecule has 0 amide bonds. The zero-order valence-corrected chi connectivity index (χ0v) is 5.94. The van der Waals surface area contributed by atoms with Gasteiger partial charge in [-0.15, -0.1) is 0 Å². The van der Waals surface area contributed by atoms with Gasteiger partial charge in [0, 0.05) is 0 Å². The van der Waals surface area contributed by atoms with Crippen LogP contribution in [0, 0.1) is 12.7 Å². The van der Waals surface area contributed by atoms with Crippen LogP contribution in [0.1, 0.15) is 17.6 Å². The van der Waals surface area contributed by atoms with Crippen LogP contribution in [0.15, 0.2) is 18.2 Å². The van der Waals surface area contributed by atoms with Crippen LogP contribution in [0.25, 0.3) is 0 Å². The number of hydrogen-bond donors (Lipinski definition) is 0. The molecule has 3 heteroatoms. The molecule has 1 rings (SSSR count). The lowest BCUT2D eigenvalue weighted by Crippen LogP contribution is -1.92. The summed E-state index contributed by atoms with van der Waals surface area (Å²) in [6.45, 7) is 1.46. The molecule has 0 heterocycles. The molecule has 11 heavy (non-hydrogen) atoms. The van der Waals surface area contributed by atoms with E-state index in [1.54, 1.807) is 0 Å². The van der Waals surface area contributed by atoms with E-state index in [-0.39, 0.29) is 5.56 Å². The first kappa shape index (κ1) is 8.11. The molecule has 0 bridgehead atoms. The molecule has 0 aliphatic carbocycles. The molecule has 0 aromatic heterocycles. The van der Waals surface area contributed by atoms with E-state index in [4.69, 9.17) is 0 Å². The molecule has 0 aliphatic rings. The molecule has 0 saturated heterocycles. The second-order valence-electron chi connectivity index (χ2n) is 2.28.